The zero-order valence-electron chi connectivity index (χ0n) is 13.2. The number of hydrogen-bond donors (Lipinski definition) is 1. The largest absolute Gasteiger partial charge is 0.493 e. The molecule has 6 heteroatoms. The van der Waals surface area contributed by atoms with Crippen LogP contribution in [0.4, 0.5) is 0 Å². The predicted molar refractivity (Wildman–Crippen MR) is 84.4 cm³/mol. The fourth-order valence-corrected chi connectivity index (χ4v) is 3.14. The van der Waals surface area contributed by atoms with E-state index in [-0.39, 0.29) is 5.54 Å². The molecule has 1 fully saturated rings. The normalized spacial score (nSPS) is 24.5. The Hall–Kier alpha value is -0.880. The molecule has 0 radical (unpaired) electrons. The van der Waals surface area contributed by atoms with Gasteiger partial charge in [-0.3, -0.25) is 0 Å². The summed E-state index contributed by atoms with van der Waals surface area (Å²) in [6, 6.07) is 1.79. The molecule has 0 amide bonds. The number of fused-ring (bicyclic) bond motifs is 2. The van der Waals surface area contributed by atoms with E-state index in [0.717, 1.165) is 36.3 Å². The average Bonchev–Trinajstić information content (AvgIpc) is 2.88. The van der Waals surface area contributed by atoms with Gasteiger partial charge in [-0.1, -0.05) is 11.6 Å². The van der Waals surface area contributed by atoms with Crippen molar-refractivity contribution in [3.8, 4) is 5.75 Å². The van der Waals surface area contributed by atoms with Crippen molar-refractivity contribution in [1.29, 1.82) is 0 Å². The third-order valence-electron chi connectivity index (χ3n) is 4.20. The highest BCUT2D eigenvalue weighted by Crippen LogP contribution is 2.42. The smallest absolute Gasteiger partial charge is 0.136 e. The number of aromatic nitrogens is 1. The lowest BCUT2D eigenvalue weighted by Gasteiger charge is -2.34. The fourth-order valence-electron chi connectivity index (χ4n) is 2.95. The van der Waals surface area contributed by atoms with Crippen molar-refractivity contribution in [1.82, 2.24) is 4.98 Å². The molecule has 22 heavy (non-hydrogen) atoms. The summed E-state index contributed by atoms with van der Waals surface area (Å²) in [6.07, 6.45) is 2.36. The number of ether oxygens (including phenoxy) is 3. The summed E-state index contributed by atoms with van der Waals surface area (Å²) < 4.78 is 17.5. The Morgan fingerprint density at radius 2 is 2.27 bits per heavy atom. The second-order valence-corrected chi connectivity index (χ2v) is 7.14. The minimum absolute atomic E-state index is 0.249. The molecular formula is C16H23ClN2O3. The van der Waals surface area contributed by atoms with E-state index in [2.05, 4.69) is 4.98 Å². The number of nitrogens with two attached hydrogens (primary N) is 1. The van der Waals surface area contributed by atoms with Crippen LogP contribution in [0.25, 0.3) is 0 Å². The zero-order valence-corrected chi connectivity index (χ0v) is 13.9. The second-order valence-electron chi connectivity index (χ2n) is 6.75. The molecular weight excluding hydrogens is 304 g/mol. The Morgan fingerprint density at radius 1 is 1.45 bits per heavy atom. The summed E-state index contributed by atoms with van der Waals surface area (Å²) in [7, 11) is 0. The maximum Gasteiger partial charge on any atom is 0.136 e. The summed E-state index contributed by atoms with van der Waals surface area (Å²) in [5, 5.41) is 0.428. The standard InChI is InChI=1S/C16H23ClN2O3/c1-15(2,18)4-8-21-12-9-13(17)19-14-11(12)3-6-22-16(14)5-7-20-10-16/h9H,3-8,10,18H2,1-2H3. The van der Waals surface area contributed by atoms with Gasteiger partial charge in [-0.25, -0.2) is 4.98 Å². The lowest BCUT2D eigenvalue weighted by Crippen LogP contribution is -2.37. The third kappa shape index (κ3) is 3.23. The molecule has 2 aliphatic heterocycles. The van der Waals surface area contributed by atoms with Crippen molar-refractivity contribution in [3.05, 3.63) is 22.5 Å². The van der Waals surface area contributed by atoms with Crippen LogP contribution in [0, 0.1) is 0 Å². The van der Waals surface area contributed by atoms with Crippen LogP contribution in [0.2, 0.25) is 5.15 Å². The molecule has 3 rings (SSSR count). The minimum Gasteiger partial charge on any atom is -0.493 e. The summed E-state index contributed by atoms with van der Waals surface area (Å²) in [5.74, 6) is 0.800. The van der Waals surface area contributed by atoms with Crippen molar-refractivity contribution in [2.24, 2.45) is 5.73 Å². The van der Waals surface area contributed by atoms with E-state index in [4.69, 9.17) is 31.5 Å². The molecule has 0 saturated carbocycles. The van der Waals surface area contributed by atoms with Gasteiger partial charge in [0.25, 0.3) is 0 Å². The molecule has 5 nitrogen and oxygen atoms in total. The van der Waals surface area contributed by atoms with Gasteiger partial charge in [0.2, 0.25) is 0 Å². The third-order valence-corrected chi connectivity index (χ3v) is 4.40. The number of rotatable bonds is 4. The van der Waals surface area contributed by atoms with Gasteiger partial charge in [0.05, 0.1) is 25.5 Å². The van der Waals surface area contributed by atoms with E-state index in [1.165, 1.54) is 0 Å². The highest BCUT2D eigenvalue weighted by Gasteiger charge is 2.44. The minimum atomic E-state index is -0.455. The molecule has 3 heterocycles. The number of halogens is 1. The molecule has 2 N–H and O–H groups in total. The van der Waals surface area contributed by atoms with Crippen LogP contribution in [-0.2, 0) is 21.5 Å². The first-order valence-corrected chi connectivity index (χ1v) is 8.11. The fraction of sp³-hybridized carbons (Fsp3) is 0.688. The van der Waals surface area contributed by atoms with Crippen molar-refractivity contribution in [2.75, 3.05) is 26.4 Å². The second kappa shape index (κ2) is 5.96. The summed E-state index contributed by atoms with van der Waals surface area (Å²) >= 11 is 6.20. The van der Waals surface area contributed by atoms with E-state index < -0.39 is 5.60 Å². The van der Waals surface area contributed by atoms with Gasteiger partial charge >= 0.3 is 0 Å². The lowest BCUT2D eigenvalue weighted by atomic mass is 9.90. The van der Waals surface area contributed by atoms with Gasteiger partial charge in [-0.05, 0) is 20.3 Å². The first-order valence-electron chi connectivity index (χ1n) is 7.73. The van der Waals surface area contributed by atoms with Gasteiger partial charge in [-0.15, -0.1) is 0 Å². The molecule has 1 unspecified atom stereocenters. The van der Waals surface area contributed by atoms with E-state index >= 15 is 0 Å². The quantitative estimate of drug-likeness (QED) is 0.861. The first-order chi connectivity index (χ1) is 10.4. The molecule has 2 aliphatic rings. The zero-order chi connectivity index (χ0) is 15.8. The van der Waals surface area contributed by atoms with Crippen molar-refractivity contribution < 1.29 is 14.2 Å². The van der Waals surface area contributed by atoms with Crippen LogP contribution in [0.1, 0.15) is 37.9 Å². The van der Waals surface area contributed by atoms with E-state index in [1.807, 2.05) is 13.8 Å². The number of hydrogen-bond acceptors (Lipinski definition) is 5. The van der Waals surface area contributed by atoms with E-state index in [0.29, 0.717) is 31.6 Å². The Balaban J connectivity index is 1.87. The summed E-state index contributed by atoms with van der Waals surface area (Å²) in [5.41, 5.74) is 7.28. The van der Waals surface area contributed by atoms with Crippen LogP contribution in [-0.4, -0.2) is 37.0 Å². The van der Waals surface area contributed by atoms with Crippen LogP contribution in [0.15, 0.2) is 6.07 Å². The molecule has 0 aliphatic carbocycles. The average molecular weight is 327 g/mol. The summed E-state index contributed by atoms with van der Waals surface area (Å²) in [4.78, 5) is 4.52. The molecule has 1 aromatic rings. The van der Waals surface area contributed by atoms with Gasteiger partial charge in [0.15, 0.2) is 0 Å². The Kier molecular flexibility index (Phi) is 4.34. The van der Waals surface area contributed by atoms with Gasteiger partial charge in [0, 0.05) is 36.6 Å². The maximum atomic E-state index is 6.20. The SMILES string of the molecule is CC(C)(N)CCOc1cc(Cl)nc2c1CCOC21CCOC1. The highest BCUT2D eigenvalue weighted by atomic mass is 35.5. The van der Waals surface area contributed by atoms with Gasteiger partial charge in [0.1, 0.15) is 16.5 Å². The highest BCUT2D eigenvalue weighted by molar-refractivity contribution is 6.29. The summed E-state index contributed by atoms with van der Waals surface area (Å²) in [6.45, 7) is 6.40. The predicted octanol–water partition coefficient (Wildman–Crippen LogP) is 2.43. The van der Waals surface area contributed by atoms with Crippen molar-refractivity contribution in [3.63, 3.8) is 0 Å². The molecule has 1 spiro atoms. The molecule has 122 valence electrons. The van der Waals surface area contributed by atoms with Gasteiger partial charge in [-0.2, -0.15) is 0 Å². The Morgan fingerprint density at radius 3 is 2.95 bits per heavy atom. The van der Waals surface area contributed by atoms with Crippen LogP contribution in [0.3, 0.4) is 0 Å². The number of nitrogens with zero attached hydrogens (tertiary/aromatic N) is 1. The maximum absolute atomic E-state index is 6.20. The first kappa shape index (κ1) is 16.0. The Labute approximate surface area is 136 Å². The lowest BCUT2D eigenvalue weighted by molar-refractivity contribution is -0.0670. The van der Waals surface area contributed by atoms with Gasteiger partial charge < -0.3 is 19.9 Å². The van der Waals surface area contributed by atoms with Crippen LogP contribution < -0.4 is 10.5 Å². The topological polar surface area (TPSA) is 66.6 Å². The van der Waals surface area contributed by atoms with E-state index in [9.17, 15) is 0 Å². The molecule has 0 aromatic carbocycles. The van der Waals surface area contributed by atoms with Crippen molar-refractivity contribution in [2.45, 2.75) is 44.2 Å². The van der Waals surface area contributed by atoms with E-state index in [1.54, 1.807) is 6.07 Å². The van der Waals surface area contributed by atoms with Crippen molar-refractivity contribution >= 4 is 11.6 Å². The number of pyridine rings is 1. The van der Waals surface area contributed by atoms with Crippen LogP contribution in [0.5, 0.6) is 5.75 Å². The molecule has 1 saturated heterocycles. The molecule has 0 bridgehead atoms. The monoisotopic (exact) mass is 326 g/mol. The van der Waals surface area contributed by atoms with Crippen LogP contribution >= 0.6 is 11.6 Å². The Bertz CT molecular complexity index is 551. The molecule has 1 aromatic heterocycles. The molecule has 1 atom stereocenters.